The van der Waals surface area contributed by atoms with Crippen molar-refractivity contribution in [2.75, 3.05) is 45.9 Å². The molecule has 0 aliphatic carbocycles. The van der Waals surface area contributed by atoms with Crippen LogP contribution in [0, 0.1) is 5.92 Å². The van der Waals surface area contributed by atoms with Gasteiger partial charge in [-0.2, -0.15) is 0 Å². The lowest BCUT2D eigenvalue weighted by molar-refractivity contribution is 0.0393. The Morgan fingerprint density at radius 2 is 1.65 bits per heavy atom. The van der Waals surface area contributed by atoms with Gasteiger partial charge in [-0.15, -0.1) is 12.4 Å². The number of carbonyl (C=O) groups is 1. The van der Waals surface area contributed by atoms with Gasteiger partial charge in [0.1, 0.15) is 0 Å². The fraction of sp³-hybridized carbons (Fsp3) is 0.929. The normalized spacial score (nSPS) is 28.3. The molecule has 3 heterocycles. The first-order valence-corrected chi connectivity index (χ1v) is 7.69. The van der Waals surface area contributed by atoms with Crippen LogP contribution in [-0.2, 0) is 4.74 Å². The van der Waals surface area contributed by atoms with E-state index in [0.29, 0.717) is 19.3 Å². The molecule has 0 spiro atoms. The third-order valence-corrected chi connectivity index (χ3v) is 4.76. The van der Waals surface area contributed by atoms with Crippen molar-refractivity contribution >= 4 is 18.4 Å². The lowest BCUT2D eigenvalue weighted by Crippen LogP contribution is -2.51. The number of urea groups is 1. The van der Waals surface area contributed by atoms with Crippen LogP contribution in [0.2, 0.25) is 0 Å². The maximum absolute atomic E-state index is 12.4. The lowest BCUT2D eigenvalue weighted by atomic mass is 9.89. The van der Waals surface area contributed by atoms with Crippen LogP contribution in [0.5, 0.6) is 0 Å². The van der Waals surface area contributed by atoms with Gasteiger partial charge < -0.3 is 19.9 Å². The minimum atomic E-state index is 0. The zero-order valence-corrected chi connectivity index (χ0v) is 12.9. The molecule has 0 aromatic rings. The summed E-state index contributed by atoms with van der Waals surface area (Å²) in [6.45, 7) is 5.92. The van der Waals surface area contributed by atoms with Crippen molar-refractivity contribution in [3.63, 3.8) is 0 Å². The second-order valence-electron chi connectivity index (χ2n) is 5.91. The molecule has 20 heavy (non-hydrogen) atoms. The predicted octanol–water partition coefficient (Wildman–Crippen LogP) is 1.32. The molecule has 0 saturated carbocycles. The summed E-state index contributed by atoms with van der Waals surface area (Å²) in [4.78, 5) is 16.3. The van der Waals surface area contributed by atoms with Crippen LogP contribution in [0.1, 0.15) is 25.7 Å². The van der Waals surface area contributed by atoms with Gasteiger partial charge in [0.15, 0.2) is 0 Å². The molecule has 3 saturated heterocycles. The summed E-state index contributed by atoms with van der Waals surface area (Å²) in [5.74, 6) is 0.774. The highest BCUT2D eigenvalue weighted by molar-refractivity contribution is 5.85. The number of hydrogen-bond donors (Lipinski definition) is 1. The second kappa shape index (κ2) is 7.48. The van der Waals surface area contributed by atoms with Crippen molar-refractivity contribution in [2.45, 2.75) is 31.7 Å². The number of ether oxygens (including phenoxy) is 1. The van der Waals surface area contributed by atoms with Gasteiger partial charge in [-0.3, -0.25) is 0 Å². The summed E-state index contributed by atoms with van der Waals surface area (Å²) in [6, 6.07) is 0.932. The van der Waals surface area contributed by atoms with Crippen LogP contribution in [0.4, 0.5) is 4.79 Å². The number of nitrogens with zero attached hydrogens (tertiary/aromatic N) is 2. The maximum atomic E-state index is 12.4. The van der Waals surface area contributed by atoms with Gasteiger partial charge in [-0.1, -0.05) is 0 Å². The topological polar surface area (TPSA) is 44.8 Å². The van der Waals surface area contributed by atoms with Gasteiger partial charge in [-0.25, -0.2) is 4.79 Å². The van der Waals surface area contributed by atoms with Crippen molar-refractivity contribution in [1.82, 2.24) is 15.1 Å². The van der Waals surface area contributed by atoms with Gasteiger partial charge in [0.05, 0.1) is 13.2 Å². The summed E-state index contributed by atoms with van der Waals surface area (Å²) in [5, 5.41) is 3.60. The van der Waals surface area contributed by atoms with Crippen molar-refractivity contribution in [2.24, 2.45) is 5.92 Å². The van der Waals surface area contributed by atoms with E-state index >= 15 is 0 Å². The van der Waals surface area contributed by atoms with Gasteiger partial charge in [0, 0.05) is 32.2 Å². The molecule has 5 nitrogen and oxygen atoms in total. The minimum absolute atomic E-state index is 0. The molecular formula is C14H26ClN3O2. The van der Waals surface area contributed by atoms with E-state index in [2.05, 4.69) is 5.32 Å². The van der Waals surface area contributed by atoms with E-state index in [1.165, 1.54) is 19.4 Å². The highest BCUT2D eigenvalue weighted by Gasteiger charge is 2.31. The smallest absolute Gasteiger partial charge is 0.320 e. The molecule has 3 aliphatic heterocycles. The molecule has 6 heteroatoms. The van der Waals surface area contributed by atoms with Crippen LogP contribution >= 0.6 is 12.4 Å². The number of piperidine rings is 1. The molecule has 0 aromatic carbocycles. The van der Waals surface area contributed by atoms with E-state index in [1.807, 2.05) is 9.80 Å². The first-order valence-electron chi connectivity index (χ1n) is 7.69. The monoisotopic (exact) mass is 303 g/mol. The largest absolute Gasteiger partial charge is 0.378 e. The van der Waals surface area contributed by atoms with Crippen LogP contribution < -0.4 is 5.32 Å². The number of carbonyl (C=O) groups excluding carboxylic acids is 1. The predicted molar refractivity (Wildman–Crippen MR) is 80.4 cm³/mol. The maximum Gasteiger partial charge on any atom is 0.320 e. The Balaban J connectivity index is 0.00000147. The molecule has 2 amide bonds. The molecule has 0 aromatic heterocycles. The van der Waals surface area contributed by atoms with Crippen LogP contribution in [0.15, 0.2) is 0 Å². The number of amides is 2. The molecule has 0 radical (unpaired) electrons. The summed E-state index contributed by atoms with van der Waals surface area (Å²) >= 11 is 0. The standard InChI is InChI=1S/C14H25N3O2.ClH/c18-14(17-8-10-19-11-9-17)16-6-3-12(4-7-16)13-2-1-5-15-13;/h12-13,15H,1-11H2;1H. The highest BCUT2D eigenvalue weighted by atomic mass is 35.5. The van der Waals surface area contributed by atoms with Crippen molar-refractivity contribution in [3.05, 3.63) is 0 Å². The molecule has 1 atom stereocenters. The van der Waals surface area contributed by atoms with Gasteiger partial charge in [0.2, 0.25) is 0 Å². The average molecular weight is 304 g/mol. The molecule has 3 rings (SSSR count). The summed E-state index contributed by atoms with van der Waals surface area (Å²) in [7, 11) is 0. The zero-order valence-electron chi connectivity index (χ0n) is 12.1. The third-order valence-electron chi connectivity index (χ3n) is 4.76. The van der Waals surface area contributed by atoms with Gasteiger partial charge >= 0.3 is 6.03 Å². The zero-order chi connectivity index (χ0) is 13.1. The Morgan fingerprint density at radius 3 is 2.25 bits per heavy atom. The van der Waals surface area contributed by atoms with Gasteiger partial charge in [0.25, 0.3) is 0 Å². The number of morpholine rings is 1. The van der Waals surface area contributed by atoms with Crippen molar-refractivity contribution in [3.8, 4) is 0 Å². The minimum Gasteiger partial charge on any atom is -0.378 e. The van der Waals surface area contributed by atoms with E-state index in [0.717, 1.165) is 44.9 Å². The van der Waals surface area contributed by atoms with Crippen molar-refractivity contribution < 1.29 is 9.53 Å². The van der Waals surface area contributed by atoms with E-state index in [9.17, 15) is 4.79 Å². The molecular weight excluding hydrogens is 278 g/mol. The molecule has 1 unspecified atom stereocenters. The van der Waals surface area contributed by atoms with E-state index in [4.69, 9.17) is 4.74 Å². The summed E-state index contributed by atoms with van der Waals surface area (Å²) in [6.07, 6.45) is 4.96. The second-order valence-corrected chi connectivity index (χ2v) is 5.91. The van der Waals surface area contributed by atoms with Crippen LogP contribution in [0.25, 0.3) is 0 Å². The Bertz CT molecular complexity index is 310. The third kappa shape index (κ3) is 3.57. The number of likely N-dealkylation sites (tertiary alicyclic amines) is 1. The van der Waals surface area contributed by atoms with E-state index in [-0.39, 0.29) is 18.4 Å². The molecule has 3 fully saturated rings. The van der Waals surface area contributed by atoms with Crippen LogP contribution in [-0.4, -0.2) is 67.8 Å². The Morgan fingerprint density at radius 1 is 1.00 bits per heavy atom. The summed E-state index contributed by atoms with van der Waals surface area (Å²) in [5.41, 5.74) is 0. The number of halogens is 1. The Labute approximate surface area is 127 Å². The van der Waals surface area contributed by atoms with E-state index < -0.39 is 0 Å². The lowest BCUT2D eigenvalue weighted by Gasteiger charge is -2.38. The fourth-order valence-corrected chi connectivity index (χ4v) is 3.56. The van der Waals surface area contributed by atoms with Crippen LogP contribution in [0.3, 0.4) is 0 Å². The fourth-order valence-electron chi connectivity index (χ4n) is 3.56. The number of hydrogen-bond acceptors (Lipinski definition) is 3. The quantitative estimate of drug-likeness (QED) is 0.795. The Hall–Kier alpha value is -0.520. The average Bonchev–Trinajstić information content (AvgIpc) is 3.02. The molecule has 1 N–H and O–H groups in total. The molecule has 0 bridgehead atoms. The van der Waals surface area contributed by atoms with Gasteiger partial charge in [-0.05, 0) is 38.1 Å². The summed E-state index contributed by atoms with van der Waals surface area (Å²) < 4.78 is 5.30. The highest BCUT2D eigenvalue weighted by Crippen LogP contribution is 2.26. The number of nitrogens with one attached hydrogen (secondary N) is 1. The van der Waals surface area contributed by atoms with E-state index in [1.54, 1.807) is 0 Å². The SMILES string of the molecule is Cl.O=C(N1CCOCC1)N1CCC(C2CCCN2)CC1. The number of rotatable bonds is 1. The molecule has 116 valence electrons. The Kier molecular flexibility index (Phi) is 5.93. The first-order chi connectivity index (χ1) is 9.34. The molecule has 3 aliphatic rings. The first kappa shape index (κ1) is 15.9. The van der Waals surface area contributed by atoms with Crippen molar-refractivity contribution in [1.29, 1.82) is 0 Å².